The van der Waals surface area contributed by atoms with Gasteiger partial charge in [0.25, 0.3) is 0 Å². The van der Waals surface area contributed by atoms with Crippen molar-refractivity contribution in [3.63, 3.8) is 0 Å². The molecule has 0 spiro atoms. The maximum atomic E-state index is 12.4. The van der Waals surface area contributed by atoms with E-state index in [9.17, 15) is 4.79 Å². The third kappa shape index (κ3) is 5.69. The van der Waals surface area contributed by atoms with Gasteiger partial charge in [0, 0.05) is 59.5 Å². The van der Waals surface area contributed by atoms with Crippen molar-refractivity contribution < 1.29 is 9.53 Å². The third-order valence-corrected chi connectivity index (χ3v) is 5.43. The van der Waals surface area contributed by atoms with Gasteiger partial charge >= 0.3 is 6.03 Å². The van der Waals surface area contributed by atoms with Crippen LogP contribution in [0.1, 0.15) is 12.0 Å². The summed E-state index contributed by atoms with van der Waals surface area (Å²) in [6.45, 7) is 9.17. The molecular formula is C20H32N4O2. The maximum absolute atomic E-state index is 12.4. The SMILES string of the molecule is COCCN1CCN(C(=O)NC[C@H]2CCN(Cc3ccccc3)C2)CC1. The molecule has 0 aromatic heterocycles. The van der Waals surface area contributed by atoms with Crippen LogP contribution >= 0.6 is 0 Å². The molecule has 3 rings (SSSR count). The van der Waals surface area contributed by atoms with Crippen molar-refractivity contribution >= 4 is 6.03 Å². The van der Waals surface area contributed by atoms with E-state index in [2.05, 4.69) is 45.4 Å². The van der Waals surface area contributed by atoms with Crippen LogP contribution < -0.4 is 5.32 Å². The van der Waals surface area contributed by atoms with Crippen molar-refractivity contribution in [3.05, 3.63) is 35.9 Å². The van der Waals surface area contributed by atoms with Gasteiger partial charge in [-0.3, -0.25) is 9.80 Å². The van der Waals surface area contributed by atoms with Crippen molar-refractivity contribution in [2.75, 3.05) is 66.1 Å². The fourth-order valence-electron chi connectivity index (χ4n) is 3.80. The number of nitrogens with zero attached hydrogens (tertiary/aromatic N) is 3. The Balaban J connectivity index is 1.33. The highest BCUT2D eigenvalue weighted by atomic mass is 16.5. The van der Waals surface area contributed by atoms with Crippen LogP contribution in [0.2, 0.25) is 0 Å². The van der Waals surface area contributed by atoms with Crippen LogP contribution in [0.3, 0.4) is 0 Å². The van der Waals surface area contributed by atoms with Crippen molar-refractivity contribution in [2.45, 2.75) is 13.0 Å². The number of piperazine rings is 1. The van der Waals surface area contributed by atoms with Gasteiger partial charge in [-0.05, 0) is 24.4 Å². The number of urea groups is 1. The lowest BCUT2D eigenvalue weighted by Crippen LogP contribution is -2.52. The number of amides is 2. The Bertz CT molecular complexity index is 546. The highest BCUT2D eigenvalue weighted by Gasteiger charge is 2.25. The minimum absolute atomic E-state index is 0.0953. The number of benzene rings is 1. The molecule has 2 amide bonds. The highest BCUT2D eigenvalue weighted by Crippen LogP contribution is 2.18. The summed E-state index contributed by atoms with van der Waals surface area (Å²) in [6.07, 6.45) is 1.16. The van der Waals surface area contributed by atoms with Gasteiger partial charge < -0.3 is 15.0 Å². The number of carbonyl (C=O) groups excluding carboxylic acids is 1. The number of nitrogens with one attached hydrogen (secondary N) is 1. The topological polar surface area (TPSA) is 48.1 Å². The van der Waals surface area contributed by atoms with Gasteiger partial charge in [0.15, 0.2) is 0 Å². The second-order valence-electron chi connectivity index (χ2n) is 7.38. The average Bonchev–Trinajstić information content (AvgIpc) is 3.13. The lowest BCUT2D eigenvalue weighted by Gasteiger charge is -2.34. The Kier molecular flexibility index (Phi) is 7.29. The summed E-state index contributed by atoms with van der Waals surface area (Å²) in [6, 6.07) is 10.7. The van der Waals surface area contributed by atoms with Gasteiger partial charge in [0.1, 0.15) is 0 Å². The maximum Gasteiger partial charge on any atom is 0.317 e. The first kappa shape index (κ1) is 19.1. The number of hydrogen-bond acceptors (Lipinski definition) is 4. The lowest BCUT2D eigenvalue weighted by atomic mass is 10.1. The molecule has 0 radical (unpaired) electrons. The molecule has 0 bridgehead atoms. The van der Waals surface area contributed by atoms with Crippen molar-refractivity contribution in [2.24, 2.45) is 5.92 Å². The van der Waals surface area contributed by atoms with E-state index >= 15 is 0 Å². The second kappa shape index (κ2) is 9.90. The molecule has 2 saturated heterocycles. The van der Waals surface area contributed by atoms with Crippen molar-refractivity contribution in [1.29, 1.82) is 0 Å². The molecule has 1 aromatic carbocycles. The van der Waals surface area contributed by atoms with Crippen LogP contribution in [-0.2, 0) is 11.3 Å². The van der Waals surface area contributed by atoms with Gasteiger partial charge in [0.2, 0.25) is 0 Å². The third-order valence-electron chi connectivity index (χ3n) is 5.43. The van der Waals surface area contributed by atoms with E-state index in [0.29, 0.717) is 5.92 Å². The molecule has 2 aliphatic heterocycles. The molecule has 0 aliphatic carbocycles. The highest BCUT2D eigenvalue weighted by molar-refractivity contribution is 5.74. The van der Waals surface area contributed by atoms with E-state index in [1.165, 1.54) is 5.56 Å². The van der Waals surface area contributed by atoms with Crippen LogP contribution in [0, 0.1) is 5.92 Å². The first-order valence-corrected chi connectivity index (χ1v) is 9.75. The standard InChI is InChI=1S/C20H32N4O2/c1-26-14-13-22-9-11-24(12-10-22)20(25)21-15-19-7-8-23(17-19)16-18-5-3-2-4-6-18/h2-6,19H,7-17H2,1H3,(H,21,25)/t19-/m1/s1. The van der Waals surface area contributed by atoms with E-state index in [-0.39, 0.29) is 6.03 Å². The van der Waals surface area contributed by atoms with Crippen molar-refractivity contribution in [3.8, 4) is 0 Å². The van der Waals surface area contributed by atoms with E-state index in [0.717, 1.165) is 71.9 Å². The summed E-state index contributed by atoms with van der Waals surface area (Å²) in [5, 5.41) is 3.15. The van der Waals surface area contributed by atoms with Crippen LogP contribution in [0.5, 0.6) is 0 Å². The molecule has 2 fully saturated rings. The number of methoxy groups -OCH3 is 1. The Morgan fingerprint density at radius 3 is 2.62 bits per heavy atom. The number of rotatable bonds is 7. The van der Waals surface area contributed by atoms with Crippen LogP contribution in [0.4, 0.5) is 4.79 Å². The number of ether oxygens (including phenoxy) is 1. The Hall–Kier alpha value is -1.63. The summed E-state index contributed by atoms with van der Waals surface area (Å²) < 4.78 is 5.12. The predicted octanol–water partition coefficient (Wildman–Crippen LogP) is 1.48. The van der Waals surface area contributed by atoms with E-state index in [1.807, 2.05) is 4.90 Å². The zero-order valence-corrected chi connectivity index (χ0v) is 15.9. The smallest absolute Gasteiger partial charge is 0.317 e. The zero-order valence-electron chi connectivity index (χ0n) is 15.9. The average molecular weight is 361 g/mol. The van der Waals surface area contributed by atoms with Crippen LogP contribution in [-0.4, -0.2) is 86.8 Å². The van der Waals surface area contributed by atoms with E-state index in [4.69, 9.17) is 4.74 Å². The number of likely N-dealkylation sites (tertiary alicyclic amines) is 1. The van der Waals surface area contributed by atoms with Crippen LogP contribution in [0.25, 0.3) is 0 Å². The largest absolute Gasteiger partial charge is 0.383 e. The van der Waals surface area contributed by atoms with Gasteiger partial charge in [-0.2, -0.15) is 0 Å². The Morgan fingerprint density at radius 2 is 1.88 bits per heavy atom. The van der Waals surface area contributed by atoms with Crippen LogP contribution in [0.15, 0.2) is 30.3 Å². The fraction of sp³-hybridized carbons (Fsp3) is 0.650. The summed E-state index contributed by atoms with van der Waals surface area (Å²) >= 11 is 0. The summed E-state index contributed by atoms with van der Waals surface area (Å²) in [5.74, 6) is 0.561. The fourth-order valence-corrected chi connectivity index (χ4v) is 3.80. The molecule has 0 saturated carbocycles. The lowest BCUT2D eigenvalue weighted by molar-refractivity contribution is 0.106. The molecule has 2 heterocycles. The summed E-state index contributed by atoms with van der Waals surface area (Å²) in [7, 11) is 1.73. The van der Waals surface area contributed by atoms with Crippen molar-refractivity contribution in [1.82, 2.24) is 20.0 Å². The number of carbonyl (C=O) groups is 1. The van der Waals surface area contributed by atoms with E-state index < -0.39 is 0 Å². The van der Waals surface area contributed by atoms with E-state index in [1.54, 1.807) is 7.11 Å². The van der Waals surface area contributed by atoms with Gasteiger partial charge in [-0.15, -0.1) is 0 Å². The van der Waals surface area contributed by atoms with Gasteiger partial charge in [0.05, 0.1) is 6.61 Å². The minimum Gasteiger partial charge on any atom is -0.383 e. The quantitative estimate of drug-likeness (QED) is 0.800. The Morgan fingerprint density at radius 1 is 1.12 bits per heavy atom. The molecule has 6 nitrogen and oxygen atoms in total. The normalized spacial score (nSPS) is 21.9. The molecule has 1 atom stereocenters. The summed E-state index contributed by atoms with van der Waals surface area (Å²) in [5.41, 5.74) is 1.36. The van der Waals surface area contributed by atoms with Gasteiger partial charge in [-0.25, -0.2) is 4.79 Å². The molecular weight excluding hydrogens is 328 g/mol. The first-order valence-electron chi connectivity index (χ1n) is 9.75. The molecule has 6 heteroatoms. The summed E-state index contributed by atoms with van der Waals surface area (Å²) in [4.78, 5) is 19.2. The second-order valence-corrected chi connectivity index (χ2v) is 7.38. The zero-order chi connectivity index (χ0) is 18.2. The minimum atomic E-state index is 0.0953. The molecule has 26 heavy (non-hydrogen) atoms. The molecule has 1 N–H and O–H groups in total. The first-order chi connectivity index (χ1) is 12.7. The Labute approximate surface area is 157 Å². The molecule has 2 aliphatic rings. The molecule has 1 aromatic rings. The molecule has 0 unspecified atom stereocenters. The molecule has 144 valence electrons. The number of hydrogen-bond donors (Lipinski definition) is 1. The monoisotopic (exact) mass is 360 g/mol. The van der Waals surface area contributed by atoms with Gasteiger partial charge in [-0.1, -0.05) is 30.3 Å². The predicted molar refractivity (Wildman–Crippen MR) is 103 cm³/mol.